The van der Waals surface area contributed by atoms with Gasteiger partial charge in [-0.15, -0.1) is 0 Å². The summed E-state index contributed by atoms with van der Waals surface area (Å²) in [6, 6.07) is 4.03. The maximum absolute atomic E-state index is 8.76. The van der Waals surface area contributed by atoms with Gasteiger partial charge in [-0.3, -0.25) is 0 Å². The third-order valence-electron chi connectivity index (χ3n) is 2.84. The molecule has 1 fully saturated rings. The summed E-state index contributed by atoms with van der Waals surface area (Å²) in [5.74, 6) is 1.05. The molecule has 0 aromatic carbocycles. The highest BCUT2D eigenvalue weighted by Crippen LogP contribution is 2.21. The molecule has 0 saturated carbocycles. The van der Waals surface area contributed by atoms with Crippen LogP contribution in [0.3, 0.4) is 0 Å². The number of aryl methyl sites for hydroxylation is 1. The molecule has 78 valence electrons. The molecule has 1 saturated heterocycles. The summed E-state index contributed by atoms with van der Waals surface area (Å²) in [6.07, 6.45) is 5.49. The predicted molar refractivity (Wildman–Crippen MR) is 59.8 cm³/mol. The molecule has 0 spiro atoms. The smallest absolute Gasteiger partial charge is 0.131 e. The average Bonchev–Trinajstić information content (AvgIpc) is 2.30. The maximum Gasteiger partial charge on any atom is 0.131 e. The highest BCUT2D eigenvalue weighted by atomic mass is 15.2. The van der Waals surface area contributed by atoms with Gasteiger partial charge in [-0.2, -0.15) is 5.26 Å². The number of rotatable bonds is 1. The van der Waals surface area contributed by atoms with Crippen molar-refractivity contribution in [2.24, 2.45) is 0 Å². The number of hydrogen-bond acceptors (Lipinski definition) is 3. The van der Waals surface area contributed by atoms with Crippen molar-refractivity contribution in [2.45, 2.75) is 26.2 Å². The normalized spacial score (nSPS) is 16.1. The summed E-state index contributed by atoms with van der Waals surface area (Å²) in [6.45, 7) is 4.22. The van der Waals surface area contributed by atoms with Crippen molar-refractivity contribution in [2.75, 3.05) is 18.0 Å². The number of aromatic nitrogens is 1. The van der Waals surface area contributed by atoms with E-state index in [4.69, 9.17) is 5.26 Å². The van der Waals surface area contributed by atoms with Gasteiger partial charge in [0.05, 0.1) is 5.56 Å². The van der Waals surface area contributed by atoms with Crippen LogP contribution < -0.4 is 4.90 Å². The lowest BCUT2D eigenvalue weighted by atomic mass is 10.1. The molecule has 0 amide bonds. The van der Waals surface area contributed by atoms with Crippen LogP contribution in [0.2, 0.25) is 0 Å². The molecule has 0 bridgehead atoms. The van der Waals surface area contributed by atoms with Crippen molar-refractivity contribution < 1.29 is 0 Å². The fourth-order valence-corrected chi connectivity index (χ4v) is 2.07. The van der Waals surface area contributed by atoms with Crippen LogP contribution in [0.25, 0.3) is 0 Å². The Morgan fingerprint density at radius 3 is 2.67 bits per heavy atom. The van der Waals surface area contributed by atoms with Crippen molar-refractivity contribution in [3.8, 4) is 6.07 Å². The zero-order valence-electron chi connectivity index (χ0n) is 9.03. The Morgan fingerprint density at radius 1 is 1.33 bits per heavy atom. The summed E-state index contributed by atoms with van der Waals surface area (Å²) >= 11 is 0. The Kier molecular flexibility index (Phi) is 2.86. The Morgan fingerprint density at radius 2 is 2.07 bits per heavy atom. The molecule has 1 aliphatic rings. The van der Waals surface area contributed by atoms with E-state index in [0.29, 0.717) is 5.56 Å². The first-order valence-electron chi connectivity index (χ1n) is 5.43. The van der Waals surface area contributed by atoms with Crippen LogP contribution >= 0.6 is 0 Å². The molecule has 0 radical (unpaired) electrons. The van der Waals surface area contributed by atoms with Crippen molar-refractivity contribution >= 4 is 5.82 Å². The number of nitriles is 1. The third-order valence-corrected chi connectivity index (χ3v) is 2.84. The Bertz CT molecular complexity index is 386. The number of hydrogen-bond donors (Lipinski definition) is 0. The quantitative estimate of drug-likeness (QED) is 0.699. The van der Waals surface area contributed by atoms with E-state index in [1.54, 1.807) is 6.20 Å². The van der Waals surface area contributed by atoms with E-state index in [-0.39, 0.29) is 0 Å². The van der Waals surface area contributed by atoms with Gasteiger partial charge < -0.3 is 4.90 Å². The fraction of sp³-hybridized carbons (Fsp3) is 0.500. The second-order valence-electron chi connectivity index (χ2n) is 4.02. The Balaban J connectivity index is 2.24. The summed E-state index contributed by atoms with van der Waals surface area (Å²) in [5, 5.41) is 8.76. The van der Waals surface area contributed by atoms with Crippen molar-refractivity contribution in [1.29, 1.82) is 5.26 Å². The molecule has 3 nitrogen and oxygen atoms in total. The molecular weight excluding hydrogens is 186 g/mol. The second-order valence-corrected chi connectivity index (χ2v) is 4.02. The van der Waals surface area contributed by atoms with E-state index in [9.17, 15) is 0 Å². The molecule has 1 aliphatic heterocycles. The maximum atomic E-state index is 8.76. The zero-order chi connectivity index (χ0) is 10.7. The molecule has 2 heterocycles. The molecule has 0 N–H and O–H groups in total. The van der Waals surface area contributed by atoms with Crippen LogP contribution in [0.4, 0.5) is 5.82 Å². The molecule has 1 aromatic rings. The SMILES string of the molecule is Cc1cc(C#N)cnc1N1CCCCC1. The second kappa shape index (κ2) is 4.31. The fourth-order valence-electron chi connectivity index (χ4n) is 2.07. The lowest BCUT2D eigenvalue weighted by molar-refractivity contribution is 0.572. The van der Waals surface area contributed by atoms with Gasteiger partial charge >= 0.3 is 0 Å². The predicted octanol–water partition coefficient (Wildman–Crippen LogP) is 2.25. The van der Waals surface area contributed by atoms with Gasteiger partial charge in [0, 0.05) is 19.3 Å². The summed E-state index contributed by atoms with van der Waals surface area (Å²) in [4.78, 5) is 6.70. The van der Waals surface area contributed by atoms with Gasteiger partial charge in [-0.1, -0.05) is 0 Å². The highest BCUT2D eigenvalue weighted by Gasteiger charge is 2.14. The zero-order valence-corrected chi connectivity index (χ0v) is 9.03. The van der Waals surface area contributed by atoms with Crippen LogP contribution in [0.1, 0.15) is 30.4 Å². The monoisotopic (exact) mass is 201 g/mol. The summed E-state index contributed by atoms with van der Waals surface area (Å²) in [5.41, 5.74) is 1.75. The van der Waals surface area contributed by atoms with Gasteiger partial charge in [0.2, 0.25) is 0 Å². The minimum Gasteiger partial charge on any atom is -0.356 e. The molecule has 0 unspecified atom stereocenters. The van der Waals surface area contributed by atoms with E-state index >= 15 is 0 Å². The first-order chi connectivity index (χ1) is 7.31. The first kappa shape index (κ1) is 9.97. The van der Waals surface area contributed by atoms with Gasteiger partial charge in [-0.05, 0) is 37.8 Å². The lowest BCUT2D eigenvalue weighted by Gasteiger charge is -2.28. The van der Waals surface area contributed by atoms with Gasteiger partial charge in [0.1, 0.15) is 11.9 Å². The average molecular weight is 201 g/mol. The lowest BCUT2D eigenvalue weighted by Crippen LogP contribution is -2.30. The number of nitrogens with zero attached hydrogens (tertiary/aromatic N) is 3. The van der Waals surface area contributed by atoms with Crippen LogP contribution in [-0.4, -0.2) is 18.1 Å². The summed E-state index contributed by atoms with van der Waals surface area (Å²) in [7, 11) is 0. The highest BCUT2D eigenvalue weighted by molar-refractivity contribution is 5.49. The van der Waals surface area contributed by atoms with E-state index in [1.807, 2.05) is 13.0 Å². The molecule has 1 aromatic heterocycles. The van der Waals surface area contributed by atoms with Gasteiger partial charge in [0.25, 0.3) is 0 Å². The minimum atomic E-state index is 0.647. The standard InChI is InChI=1S/C12H15N3/c1-10-7-11(8-13)9-14-12(10)15-5-3-2-4-6-15/h7,9H,2-6H2,1H3. The van der Waals surface area contributed by atoms with Crippen molar-refractivity contribution in [3.05, 3.63) is 23.4 Å². The molecule has 15 heavy (non-hydrogen) atoms. The Hall–Kier alpha value is -1.56. The van der Waals surface area contributed by atoms with E-state index in [1.165, 1.54) is 19.3 Å². The number of piperidine rings is 1. The van der Waals surface area contributed by atoms with Gasteiger partial charge in [0.15, 0.2) is 0 Å². The van der Waals surface area contributed by atoms with E-state index in [2.05, 4.69) is 16.0 Å². The number of pyridine rings is 1. The van der Waals surface area contributed by atoms with Crippen LogP contribution in [0.15, 0.2) is 12.3 Å². The number of anilines is 1. The van der Waals surface area contributed by atoms with Crippen molar-refractivity contribution in [1.82, 2.24) is 4.98 Å². The Labute approximate surface area is 90.4 Å². The molecule has 2 rings (SSSR count). The molecule has 0 atom stereocenters. The first-order valence-corrected chi connectivity index (χ1v) is 5.43. The van der Waals surface area contributed by atoms with Crippen molar-refractivity contribution in [3.63, 3.8) is 0 Å². The van der Waals surface area contributed by atoms with Gasteiger partial charge in [-0.25, -0.2) is 4.98 Å². The van der Waals surface area contributed by atoms with Crippen LogP contribution in [-0.2, 0) is 0 Å². The third kappa shape index (κ3) is 2.10. The van der Waals surface area contributed by atoms with Crippen LogP contribution in [0, 0.1) is 18.3 Å². The largest absolute Gasteiger partial charge is 0.356 e. The molecule has 3 heteroatoms. The summed E-state index contributed by atoms with van der Waals surface area (Å²) < 4.78 is 0. The topological polar surface area (TPSA) is 39.9 Å². The molecular formula is C12H15N3. The molecule has 0 aliphatic carbocycles. The van der Waals surface area contributed by atoms with E-state index < -0.39 is 0 Å². The minimum absolute atomic E-state index is 0.647. The van der Waals surface area contributed by atoms with E-state index in [0.717, 1.165) is 24.5 Å². The van der Waals surface area contributed by atoms with Crippen LogP contribution in [0.5, 0.6) is 0 Å².